The lowest BCUT2D eigenvalue weighted by Crippen LogP contribution is -2.48. The van der Waals surface area contributed by atoms with Crippen molar-refractivity contribution < 1.29 is 37.7 Å². The first-order valence-corrected chi connectivity index (χ1v) is 24.3. The van der Waals surface area contributed by atoms with Gasteiger partial charge in [-0.3, -0.25) is 4.57 Å². The summed E-state index contributed by atoms with van der Waals surface area (Å²) < 4.78 is 40.4. The number of hydrogen-bond donors (Lipinski definition) is 3. The number of aromatic amines is 1. The van der Waals surface area contributed by atoms with E-state index in [1.807, 2.05) is 70.2 Å². The highest BCUT2D eigenvalue weighted by Gasteiger charge is 2.39. The van der Waals surface area contributed by atoms with Crippen LogP contribution in [0.3, 0.4) is 0 Å². The van der Waals surface area contributed by atoms with E-state index in [4.69, 9.17) is 30.5 Å². The fourth-order valence-electron chi connectivity index (χ4n) is 8.09. The van der Waals surface area contributed by atoms with Gasteiger partial charge in [0, 0.05) is 47.4 Å². The normalized spacial score (nSPS) is 16.7. The second-order valence-corrected chi connectivity index (χ2v) is 20.4. The Morgan fingerprint density at radius 3 is 2.42 bits per heavy atom. The number of halogens is 2. The van der Waals surface area contributed by atoms with Crippen LogP contribution in [0.5, 0.6) is 0 Å². The van der Waals surface area contributed by atoms with Crippen LogP contribution in [-0.4, -0.2) is 73.7 Å². The number of H-pyrrole nitrogens is 1. The maximum atomic E-state index is 15.7. The van der Waals surface area contributed by atoms with Crippen LogP contribution >= 0.6 is 22.9 Å². The molecule has 3 amide bonds. The van der Waals surface area contributed by atoms with Gasteiger partial charge in [-0.05, 0) is 134 Å². The molecule has 1 aliphatic heterocycles. The summed E-state index contributed by atoms with van der Waals surface area (Å²) in [6, 6.07) is 21.3. The molecule has 1 saturated heterocycles. The first-order valence-electron chi connectivity index (χ1n) is 23.0. The minimum Gasteiger partial charge on any atom is -0.445 e. The Bertz CT molecular complexity index is 2770. The zero-order valence-corrected chi connectivity index (χ0v) is 41.4. The molecule has 1 aliphatic rings. The quantitative estimate of drug-likeness (QED) is 0.0839. The Labute approximate surface area is 409 Å². The van der Waals surface area contributed by atoms with Crippen LogP contribution in [0.4, 0.5) is 23.9 Å². The summed E-state index contributed by atoms with van der Waals surface area (Å²) in [6.45, 7) is 13.2. The number of nitrogens with one attached hydrogen (secondary N) is 3. The molecule has 4 atom stereocenters. The molecule has 6 aromatic rings. The Kier molecular flexibility index (Phi) is 16.1. The Balaban J connectivity index is 1.05. The Morgan fingerprint density at radius 1 is 0.986 bits per heavy atom. The molecule has 69 heavy (non-hydrogen) atoms. The second kappa shape index (κ2) is 22.0. The van der Waals surface area contributed by atoms with Crippen molar-refractivity contribution in [3.63, 3.8) is 0 Å². The van der Waals surface area contributed by atoms with Crippen LogP contribution in [0.25, 0.3) is 28.0 Å². The molecule has 0 aliphatic carbocycles. The number of carbonyl (C=O) groups is 3. The van der Waals surface area contributed by atoms with E-state index in [0.29, 0.717) is 60.4 Å². The minimum absolute atomic E-state index is 0.0396. The summed E-state index contributed by atoms with van der Waals surface area (Å²) in [6.07, 6.45) is 4.10. The standard InChI is InChI=1S/C51H59ClFN7O8S/c1-31(56-48(63)65-30-32-13-9-8-10-14-32)12-11-15-33-24-39(43(53)40(52)25-33)41-26-35-29-59(45(61)58-44(35)57-41)36-18-16-34(17-19-36)42-28-37(27-38(66-42)20-21-55-47(62)67-50(2,3)4)60(46-54-22-23-69-46)49(64)68-51(5,6)7/h8-10,13-14,16-19,22-26,29,31,37-38,42H,11-12,15,20-21,27-28,30H2,1-7H3,(H,55,62)(H,56,63)(H,57,58,61)/t31-,37?,38+,42-/m0/s1. The lowest BCUT2D eigenvalue weighted by molar-refractivity contribution is -0.0626. The van der Waals surface area contributed by atoms with Crippen molar-refractivity contribution in [3.05, 3.63) is 129 Å². The third kappa shape index (κ3) is 13.9. The van der Waals surface area contributed by atoms with Gasteiger partial charge in [0.25, 0.3) is 0 Å². The van der Waals surface area contributed by atoms with E-state index in [2.05, 4.69) is 25.6 Å². The largest absolute Gasteiger partial charge is 0.445 e. The summed E-state index contributed by atoms with van der Waals surface area (Å²) >= 11 is 7.75. The van der Waals surface area contributed by atoms with Crippen molar-refractivity contribution in [3.8, 4) is 16.9 Å². The van der Waals surface area contributed by atoms with E-state index in [-0.39, 0.29) is 47.6 Å². The number of benzene rings is 3. The van der Waals surface area contributed by atoms with E-state index in [1.165, 1.54) is 15.9 Å². The molecular formula is C51H59ClFN7O8S. The molecule has 0 spiro atoms. The number of amides is 3. The molecule has 15 nitrogen and oxygen atoms in total. The fourth-order valence-corrected chi connectivity index (χ4v) is 9.03. The number of thiazole rings is 1. The summed E-state index contributed by atoms with van der Waals surface area (Å²) in [4.78, 5) is 65.7. The van der Waals surface area contributed by atoms with Gasteiger partial charge < -0.3 is 34.6 Å². The smallest absolute Gasteiger partial charge is 0.416 e. The first kappa shape index (κ1) is 50.6. The number of aryl methyl sites for hydroxylation is 1. The van der Waals surface area contributed by atoms with E-state index >= 15 is 4.39 Å². The third-order valence-electron chi connectivity index (χ3n) is 11.2. The van der Waals surface area contributed by atoms with Crippen LogP contribution in [0.1, 0.15) is 103 Å². The van der Waals surface area contributed by atoms with Crippen molar-refractivity contribution in [1.29, 1.82) is 0 Å². The number of alkyl carbamates (subject to hydrolysis) is 2. The van der Waals surface area contributed by atoms with Crippen molar-refractivity contribution in [2.24, 2.45) is 0 Å². The molecule has 7 rings (SSSR count). The highest BCUT2D eigenvalue weighted by molar-refractivity contribution is 7.13. The lowest BCUT2D eigenvalue weighted by atomic mass is 9.92. The summed E-state index contributed by atoms with van der Waals surface area (Å²) in [5.74, 6) is -0.608. The van der Waals surface area contributed by atoms with E-state index in [0.717, 1.165) is 16.7 Å². The van der Waals surface area contributed by atoms with Gasteiger partial charge in [0.05, 0.1) is 28.6 Å². The maximum Gasteiger partial charge on any atom is 0.416 e. The van der Waals surface area contributed by atoms with Crippen LogP contribution < -0.4 is 21.2 Å². The zero-order valence-electron chi connectivity index (χ0n) is 39.8. The Morgan fingerprint density at radius 2 is 1.72 bits per heavy atom. The first-order chi connectivity index (χ1) is 32.8. The molecule has 3 aromatic heterocycles. The van der Waals surface area contributed by atoms with Gasteiger partial charge in [-0.1, -0.05) is 54.1 Å². The number of anilines is 1. The fraction of sp³-hybridized carbons (Fsp3) is 0.412. The molecule has 0 saturated carbocycles. The number of carbonyl (C=O) groups excluding carboxylic acids is 3. The Hall–Kier alpha value is -6.30. The maximum absolute atomic E-state index is 15.7. The van der Waals surface area contributed by atoms with Crippen molar-refractivity contribution in [1.82, 2.24) is 30.2 Å². The van der Waals surface area contributed by atoms with Crippen molar-refractivity contribution in [2.75, 3.05) is 11.4 Å². The predicted molar refractivity (Wildman–Crippen MR) is 265 cm³/mol. The molecule has 1 fully saturated rings. The molecule has 366 valence electrons. The van der Waals surface area contributed by atoms with Crippen molar-refractivity contribution >= 4 is 57.4 Å². The number of hydrogen-bond acceptors (Lipinski definition) is 11. The molecular weight excluding hydrogens is 925 g/mol. The molecule has 1 unspecified atom stereocenters. The number of fused-ring (bicyclic) bond motifs is 1. The van der Waals surface area contributed by atoms with Crippen LogP contribution in [0.15, 0.2) is 95.4 Å². The van der Waals surface area contributed by atoms with Gasteiger partial charge >= 0.3 is 24.0 Å². The SMILES string of the molecule is C[C@@H](CCCc1cc(Cl)c(F)c(-c2cc3cn(-c4ccc([C@@H]5CC(N(C(=O)OC(C)(C)C)c6nccs6)C[C@@H](CCNC(=O)OC(C)(C)C)O5)cc4)c(=O)nc3[nH]2)c1)NC(=O)OCc1ccccc1. The van der Waals surface area contributed by atoms with Gasteiger partial charge in [-0.2, -0.15) is 4.98 Å². The van der Waals surface area contributed by atoms with Crippen LogP contribution in [-0.2, 0) is 32.0 Å². The lowest BCUT2D eigenvalue weighted by Gasteiger charge is -2.40. The molecule has 0 bridgehead atoms. The number of ether oxygens (including phenoxy) is 4. The second-order valence-electron chi connectivity index (χ2n) is 19.2. The average molecular weight is 985 g/mol. The monoisotopic (exact) mass is 983 g/mol. The number of rotatable bonds is 15. The summed E-state index contributed by atoms with van der Waals surface area (Å²) in [7, 11) is 0. The highest BCUT2D eigenvalue weighted by Crippen LogP contribution is 2.38. The summed E-state index contributed by atoms with van der Waals surface area (Å²) in [5.41, 5.74) is 2.01. The minimum atomic E-state index is -0.751. The molecule has 3 aromatic carbocycles. The van der Waals surface area contributed by atoms with Gasteiger partial charge in [0.15, 0.2) is 10.9 Å². The molecule has 3 N–H and O–H groups in total. The average Bonchev–Trinajstić information content (AvgIpc) is 3.96. The van der Waals surface area contributed by atoms with Crippen LogP contribution in [0, 0.1) is 5.82 Å². The van der Waals surface area contributed by atoms with E-state index in [9.17, 15) is 19.2 Å². The zero-order chi connectivity index (χ0) is 49.5. The predicted octanol–water partition coefficient (Wildman–Crippen LogP) is 11.2. The van der Waals surface area contributed by atoms with Crippen LogP contribution in [0.2, 0.25) is 5.02 Å². The van der Waals surface area contributed by atoms with Gasteiger partial charge in [0.2, 0.25) is 0 Å². The van der Waals surface area contributed by atoms with E-state index in [1.54, 1.807) is 73.8 Å². The molecule has 18 heteroatoms. The van der Waals surface area contributed by atoms with Crippen molar-refractivity contribution in [2.45, 2.75) is 129 Å². The molecule has 4 heterocycles. The summed E-state index contributed by atoms with van der Waals surface area (Å²) in [5, 5.41) is 8.51. The van der Waals surface area contributed by atoms with Gasteiger partial charge in [-0.15, -0.1) is 11.3 Å². The van der Waals surface area contributed by atoms with Gasteiger partial charge in [-0.25, -0.2) is 33.5 Å². The number of aromatic nitrogens is 4. The highest BCUT2D eigenvalue weighted by atomic mass is 35.5. The third-order valence-corrected chi connectivity index (χ3v) is 12.2. The van der Waals surface area contributed by atoms with Gasteiger partial charge in [0.1, 0.15) is 23.5 Å². The number of nitrogens with zero attached hydrogens (tertiary/aromatic N) is 4. The van der Waals surface area contributed by atoms with E-state index < -0.39 is 47.1 Å². The molecule has 0 radical (unpaired) electrons. The topological polar surface area (TPSA) is 179 Å².